The Bertz CT molecular complexity index is 698. The Kier molecular flexibility index (Phi) is 5.81. The van der Waals surface area contributed by atoms with E-state index in [0.29, 0.717) is 25.6 Å². The molecule has 1 aromatic carbocycles. The van der Waals surface area contributed by atoms with Crippen LogP contribution in [0.25, 0.3) is 0 Å². The van der Waals surface area contributed by atoms with Crippen LogP contribution in [0.5, 0.6) is 0 Å². The lowest BCUT2D eigenvalue weighted by Crippen LogP contribution is -2.41. The fraction of sp³-hybridized carbons (Fsp3) is 0.474. The highest BCUT2D eigenvalue weighted by molar-refractivity contribution is 5.78. The molecule has 1 aliphatic heterocycles. The Morgan fingerprint density at radius 2 is 2.16 bits per heavy atom. The number of nitrogens with one attached hydrogen (secondary N) is 1. The van der Waals surface area contributed by atoms with Crippen molar-refractivity contribution in [3.05, 3.63) is 53.6 Å². The van der Waals surface area contributed by atoms with Gasteiger partial charge in [0.15, 0.2) is 0 Å². The molecule has 0 unspecified atom stereocenters. The van der Waals surface area contributed by atoms with Gasteiger partial charge in [-0.15, -0.1) is 0 Å². The van der Waals surface area contributed by atoms with E-state index in [1.54, 1.807) is 12.1 Å². The van der Waals surface area contributed by atoms with Crippen LogP contribution < -0.4 is 5.32 Å². The minimum absolute atomic E-state index is 0.0469. The maximum Gasteiger partial charge on any atom is 0.234 e. The molecule has 3 rings (SSSR count). The maximum atomic E-state index is 12.9. The second-order valence-electron chi connectivity index (χ2n) is 6.73. The van der Waals surface area contributed by atoms with E-state index in [0.717, 1.165) is 37.1 Å². The Balaban J connectivity index is 1.42. The number of hydrogen-bond donors (Lipinski definition) is 1. The van der Waals surface area contributed by atoms with E-state index in [9.17, 15) is 9.18 Å². The van der Waals surface area contributed by atoms with Gasteiger partial charge in [0.05, 0.1) is 19.3 Å². The van der Waals surface area contributed by atoms with E-state index in [4.69, 9.17) is 0 Å². The van der Waals surface area contributed by atoms with E-state index in [1.807, 2.05) is 24.0 Å². The van der Waals surface area contributed by atoms with E-state index in [1.165, 1.54) is 12.1 Å². The van der Waals surface area contributed by atoms with Crippen molar-refractivity contribution in [3.63, 3.8) is 0 Å². The number of likely N-dealkylation sites (tertiary alicyclic amines) is 1. The quantitative estimate of drug-likeness (QED) is 0.837. The van der Waals surface area contributed by atoms with Crippen LogP contribution in [-0.4, -0.2) is 46.3 Å². The molecule has 1 saturated heterocycles. The van der Waals surface area contributed by atoms with Crippen LogP contribution in [0.1, 0.15) is 24.0 Å². The molecule has 0 bridgehead atoms. The molecule has 1 N–H and O–H groups in total. The summed E-state index contributed by atoms with van der Waals surface area (Å²) < 4.78 is 14.8. The molecule has 1 amide bonds. The Hall–Kier alpha value is -2.21. The molecule has 5 nitrogen and oxygen atoms in total. The van der Waals surface area contributed by atoms with Gasteiger partial charge < -0.3 is 5.32 Å². The molecule has 1 fully saturated rings. The molecule has 0 radical (unpaired) electrons. The van der Waals surface area contributed by atoms with E-state index < -0.39 is 0 Å². The molecule has 0 saturated carbocycles. The predicted molar refractivity (Wildman–Crippen MR) is 94.7 cm³/mol. The monoisotopic (exact) mass is 344 g/mol. The molecule has 1 aromatic heterocycles. The van der Waals surface area contributed by atoms with Crippen molar-refractivity contribution >= 4 is 5.91 Å². The summed E-state index contributed by atoms with van der Waals surface area (Å²) in [6, 6.07) is 6.77. The van der Waals surface area contributed by atoms with Crippen molar-refractivity contribution < 1.29 is 9.18 Å². The van der Waals surface area contributed by atoms with E-state index in [2.05, 4.69) is 15.3 Å². The lowest BCUT2D eigenvalue weighted by atomic mass is 10.1. The summed E-state index contributed by atoms with van der Waals surface area (Å²) >= 11 is 0. The molecule has 0 aliphatic carbocycles. The predicted octanol–water partition coefficient (Wildman–Crippen LogP) is 2.15. The van der Waals surface area contributed by atoms with Crippen LogP contribution in [0.4, 0.5) is 4.39 Å². The molecule has 6 heteroatoms. The second kappa shape index (κ2) is 8.25. The number of halogens is 1. The zero-order chi connectivity index (χ0) is 17.6. The number of amides is 1. The van der Waals surface area contributed by atoms with Crippen LogP contribution in [0.3, 0.4) is 0 Å². The highest BCUT2D eigenvalue weighted by Crippen LogP contribution is 2.18. The average molecular weight is 344 g/mol. The van der Waals surface area contributed by atoms with Gasteiger partial charge in [0, 0.05) is 18.8 Å². The van der Waals surface area contributed by atoms with Crippen molar-refractivity contribution in [3.8, 4) is 0 Å². The molecule has 25 heavy (non-hydrogen) atoms. The van der Waals surface area contributed by atoms with Crippen molar-refractivity contribution in [2.24, 2.45) is 0 Å². The van der Waals surface area contributed by atoms with Gasteiger partial charge in [-0.25, -0.2) is 4.39 Å². The molecular formula is C19H25FN4O. The van der Waals surface area contributed by atoms with Gasteiger partial charge in [0.1, 0.15) is 5.82 Å². The van der Waals surface area contributed by atoms with Gasteiger partial charge in [-0.2, -0.15) is 5.10 Å². The fourth-order valence-corrected chi connectivity index (χ4v) is 3.33. The first-order chi connectivity index (χ1) is 12.1. The first-order valence-electron chi connectivity index (χ1n) is 8.84. The van der Waals surface area contributed by atoms with Gasteiger partial charge in [-0.3, -0.25) is 14.4 Å². The van der Waals surface area contributed by atoms with Crippen LogP contribution in [-0.2, 0) is 17.8 Å². The number of nitrogens with zero attached hydrogens (tertiary/aromatic N) is 3. The lowest BCUT2D eigenvalue weighted by Gasteiger charge is -2.23. The summed E-state index contributed by atoms with van der Waals surface area (Å²) in [6.45, 7) is 4.81. The van der Waals surface area contributed by atoms with Crippen molar-refractivity contribution in [2.75, 3.05) is 19.6 Å². The van der Waals surface area contributed by atoms with Gasteiger partial charge in [0.2, 0.25) is 5.91 Å². The highest BCUT2D eigenvalue weighted by Gasteiger charge is 2.26. The average Bonchev–Trinajstić information content (AvgIpc) is 3.19. The van der Waals surface area contributed by atoms with Crippen molar-refractivity contribution in [1.82, 2.24) is 20.0 Å². The summed E-state index contributed by atoms with van der Waals surface area (Å²) in [5, 5.41) is 7.31. The number of aryl methyl sites for hydroxylation is 1. The largest absolute Gasteiger partial charge is 0.355 e. The minimum Gasteiger partial charge on any atom is -0.355 e. The standard InChI is InChI=1S/C19H25FN4O/c1-15-11-22-24(12-15)13-18-3-2-10-23(18)14-19(25)21-9-8-16-4-6-17(20)7-5-16/h4-7,11-12,18H,2-3,8-10,13-14H2,1H3,(H,21,25)/t18-/m1/s1. The second-order valence-corrected chi connectivity index (χ2v) is 6.73. The van der Waals surface area contributed by atoms with E-state index in [-0.39, 0.29) is 11.7 Å². The highest BCUT2D eigenvalue weighted by atomic mass is 19.1. The summed E-state index contributed by atoms with van der Waals surface area (Å²) in [5.74, 6) is -0.189. The van der Waals surface area contributed by atoms with Crippen LogP contribution in [0, 0.1) is 12.7 Å². The molecule has 134 valence electrons. The van der Waals surface area contributed by atoms with Gasteiger partial charge >= 0.3 is 0 Å². The number of rotatable bonds is 7. The van der Waals surface area contributed by atoms with Crippen LogP contribution >= 0.6 is 0 Å². The lowest BCUT2D eigenvalue weighted by molar-refractivity contribution is -0.122. The summed E-state index contributed by atoms with van der Waals surface area (Å²) in [7, 11) is 0. The topological polar surface area (TPSA) is 50.2 Å². The van der Waals surface area contributed by atoms with Crippen molar-refractivity contribution in [1.29, 1.82) is 0 Å². The number of hydrogen-bond acceptors (Lipinski definition) is 3. The van der Waals surface area contributed by atoms with Crippen molar-refractivity contribution in [2.45, 2.75) is 38.8 Å². The van der Waals surface area contributed by atoms with Crippen LogP contribution in [0.2, 0.25) is 0 Å². The van der Waals surface area contributed by atoms with Crippen LogP contribution in [0.15, 0.2) is 36.7 Å². The summed E-state index contributed by atoms with van der Waals surface area (Å²) in [6.07, 6.45) is 6.83. The Labute approximate surface area is 147 Å². The number of benzene rings is 1. The molecule has 1 atom stereocenters. The zero-order valence-corrected chi connectivity index (χ0v) is 14.6. The Morgan fingerprint density at radius 1 is 1.36 bits per heavy atom. The third-order valence-electron chi connectivity index (χ3n) is 4.66. The molecule has 2 heterocycles. The van der Waals surface area contributed by atoms with Gasteiger partial charge in [-0.1, -0.05) is 12.1 Å². The van der Waals surface area contributed by atoms with Gasteiger partial charge in [0.25, 0.3) is 0 Å². The SMILES string of the molecule is Cc1cnn(C[C@H]2CCCN2CC(=O)NCCc2ccc(F)cc2)c1. The molecule has 1 aliphatic rings. The smallest absolute Gasteiger partial charge is 0.234 e. The first kappa shape index (κ1) is 17.6. The third kappa shape index (κ3) is 5.13. The normalized spacial score (nSPS) is 17.8. The maximum absolute atomic E-state index is 12.9. The molecule has 0 spiro atoms. The summed E-state index contributed by atoms with van der Waals surface area (Å²) in [5.41, 5.74) is 2.18. The number of carbonyl (C=O) groups is 1. The first-order valence-corrected chi connectivity index (χ1v) is 8.84. The fourth-order valence-electron chi connectivity index (χ4n) is 3.33. The van der Waals surface area contributed by atoms with Gasteiger partial charge in [-0.05, 0) is 56.0 Å². The number of carbonyl (C=O) groups excluding carboxylic acids is 1. The van der Waals surface area contributed by atoms with E-state index >= 15 is 0 Å². The Morgan fingerprint density at radius 3 is 2.88 bits per heavy atom. The minimum atomic E-state index is -0.236. The molecule has 2 aromatic rings. The number of aromatic nitrogens is 2. The summed E-state index contributed by atoms with van der Waals surface area (Å²) in [4.78, 5) is 14.5. The molecular weight excluding hydrogens is 319 g/mol. The zero-order valence-electron chi connectivity index (χ0n) is 14.6. The third-order valence-corrected chi connectivity index (χ3v) is 4.66.